The number of carbonyl (C=O) groups is 3. The molecule has 0 saturated carbocycles. The molecule has 114 valence electrons. The predicted molar refractivity (Wildman–Crippen MR) is 75.1 cm³/mol. The zero-order chi connectivity index (χ0) is 15.3. The number of Topliss-reactive ketones (excluding diaryl/α,β-unsaturated/α-hetero) is 1. The van der Waals surface area contributed by atoms with Crippen LogP contribution in [0.2, 0.25) is 0 Å². The molecule has 0 aliphatic carbocycles. The average Bonchev–Trinajstić information content (AvgIpc) is 2.41. The number of likely N-dealkylation sites (tertiary alicyclic amines) is 1. The highest BCUT2D eigenvalue weighted by molar-refractivity contribution is 5.88. The van der Waals surface area contributed by atoms with Gasteiger partial charge in [0.2, 0.25) is 5.91 Å². The Kier molecular flexibility index (Phi) is 5.72. The van der Waals surface area contributed by atoms with Gasteiger partial charge in [0.25, 0.3) is 0 Å². The van der Waals surface area contributed by atoms with E-state index in [-0.39, 0.29) is 36.5 Å². The molecule has 1 rings (SSSR count). The third-order valence-electron chi connectivity index (χ3n) is 3.14. The highest BCUT2D eigenvalue weighted by Crippen LogP contribution is 2.22. The lowest BCUT2D eigenvalue weighted by Gasteiger charge is -2.24. The van der Waals surface area contributed by atoms with Gasteiger partial charge in [-0.15, -0.1) is 0 Å². The molecule has 1 saturated heterocycles. The Bertz CT molecular complexity index is 384. The number of ether oxygens (including phenoxy) is 1. The molecule has 20 heavy (non-hydrogen) atoms. The Hall–Kier alpha value is -1.39. The van der Waals surface area contributed by atoms with Gasteiger partial charge in [0, 0.05) is 12.5 Å². The molecule has 5 nitrogen and oxygen atoms in total. The first-order valence-corrected chi connectivity index (χ1v) is 7.19. The number of carbonyl (C=O) groups excluding carboxylic acids is 3. The molecule has 1 atom stereocenters. The van der Waals surface area contributed by atoms with Gasteiger partial charge in [-0.3, -0.25) is 14.4 Å². The van der Waals surface area contributed by atoms with Gasteiger partial charge >= 0.3 is 5.97 Å². The maximum Gasteiger partial charge on any atom is 0.307 e. The SMILES string of the molecule is CC(=O)CN1CCCC[C@H](CC(=O)OC(C)(C)C)C1=O. The zero-order valence-corrected chi connectivity index (χ0v) is 12.9. The second-order valence-electron chi connectivity index (χ2n) is 6.45. The number of nitrogens with zero attached hydrogens (tertiary/aromatic N) is 1. The van der Waals surface area contributed by atoms with E-state index < -0.39 is 5.60 Å². The predicted octanol–water partition coefficient (Wildman–Crippen LogP) is 1.94. The summed E-state index contributed by atoms with van der Waals surface area (Å²) in [6, 6.07) is 0. The van der Waals surface area contributed by atoms with Crippen LogP contribution in [-0.2, 0) is 19.1 Å². The van der Waals surface area contributed by atoms with E-state index in [4.69, 9.17) is 4.74 Å². The number of hydrogen-bond acceptors (Lipinski definition) is 4. The van der Waals surface area contributed by atoms with Crippen molar-refractivity contribution >= 4 is 17.7 Å². The van der Waals surface area contributed by atoms with Gasteiger partial charge in [-0.05, 0) is 40.5 Å². The lowest BCUT2D eigenvalue weighted by Crippen LogP contribution is -2.39. The van der Waals surface area contributed by atoms with Crippen LogP contribution in [0.1, 0.15) is 53.4 Å². The van der Waals surface area contributed by atoms with Crippen LogP contribution in [0.3, 0.4) is 0 Å². The van der Waals surface area contributed by atoms with Crippen molar-refractivity contribution in [2.75, 3.05) is 13.1 Å². The second kappa shape index (κ2) is 6.86. The van der Waals surface area contributed by atoms with Crippen molar-refractivity contribution < 1.29 is 19.1 Å². The van der Waals surface area contributed by atoms with Gasteiger partial charge in [0.05, 0.1) is 13.0 Å². The largest absolute Gasteiger partial charge is 0.460 e. The van der Waals surface area contributed by atoms with E-state index in [9.17, 15) is 14.4 Å². The number of amides is 1. The highest BCUT2D eigenvalue weighted by atomic mass is 16.6. The van der Waals surface area contributed by atoms with Crippen LogP contribution >= 0.6 is 0 Å². The third kappa shape index (κ3) is 5.72. The maximum absolute atomic E-state index is 12.3. The first-order chi connectivity index (χ1) is 9.19. The molecule has 0 aromatic rings. The topological polar surface area (TPSA) is 63.7 Å². The molecule has 0 radical (unpaired) electrons. The summed E-state index contributed by atoms with van der Waals surface area (Å²) in [5.41, 5.74) is -0.538. The maximum atomic E-state index is 12.3. The van der Waals surface area contributed by atoms with Crippen LogP contribution in [0.5, 0.6) is 0 Å². The fourth-order valence-electron chi connectivity index (χ4n) is 2.38. The van der Waals surface area contributed by atoms with Crippen molar-refractivity contribution in [3.8, 4) is 0 Å². The van der Waals surface area contributed by atoms with Gasteiger partial charge in [0.1, 0.15) is 11.4 Å². The summed E-state index contributed by atoms with van der Waals surface area (Å²) in [7, 11) is 0. The minimum atomic E-state index is -0.538. The highest BCUT2D eigenvalue weighted by Gasteiger charge is 2.30. The number of ketones is 1. The molecular weight excluding hydrogens is 258 g/mol. The van der Waals surface area contributed by atoms with E-state index >= 15 is 0 Å². The van der Waals surface area contributed by atoms with Crippen LogP contribution in [0, 0.1) is 5.92 Å². The summed E-state index contributed by atoms with van der Waals surface area (Å²) < 4.78 is 5.27. The molecule has 0 unspecified atom stereocenters. The second-order valence-corrected chi connectivity index (χ2v) is 6.45. The van der Waals surface area contributed by atoms with Gasteiger partial charge in [-0.25, -0.2) is 0 Å². The summed E-state index contributed by atoms with van der Waals surface area (Å²) in [4.78, 5) is 37.0. The van der Waals surface area contributed by atoms with E-state index in [2.05, 4.69) is 0 Å². The first kappa shape index (κ1) is 16.7. The molecule has 0 aromatic carbocycles. The van der Waals surface area contributed by atoms with Crippen LogP contribution < -0.4 is 0 Å². The van der Waals surface area contributed by atoms with Crippen LogP contribution in [0.25, 0.3) is 0 Å². The van der Waals surface area contributed by atoms with Crippen molar-refractivity contribution in [3.05, 3.63) is 0 Å². The zero-order valence-electron chi connectivity index (χ0n) is 12.9. The van der Waals surface area contributed by atoms with E-state index in [1.54, 1.807) is 4.90 Å². The normalized spacial score (nSPS) is 20.5. The molecule has 0 N–H and O–H groups in total. The first-order valence-electron chi connectivity index (χ1n) is 7.19. The Labute approximate surface area is 120 Å². The van der Waals surface area contributed by atoms with Crippen molar-refractivity contribution in [1.29, 1.82) is 0 Å². The number of hydrogen-bond donors (Lipinski definition) is 0. The Morgan fingerprint density at radius 3 is 2.50 bits per heavy atom. The van der Waals surface area contributed by atoms with E-state index in [0.29, 0.717) is 13.0 Å². The lowest BCUT2D eigenvalue weighted by atomic mass is 9.98. The third-order valence-corrected chi connectivity index (χ3v) is 3.14. The standard InChI is InChI=1S/C15H25NO4/c1-11(17)10-16-8-6-5-7-12(14(16)19)9-13(18)20-15(2,3)4/h12H,5-10H2,1-4H3/t12-/m1/s1. The molecule has 1 aliphatic heterocycles. The van der Waals surface area contributed by atoms with Crippen molar-refractivity contribution in [2.24, 2.45) is 5.92 Å². The fraction of sp³-hybridized carbons (Fsp3) is 0.800. The van der Waals surface area contributed by atoms with Gasteiger partial charge in [0.15, 0.2) is 0 Å². The van der Waals surface area contributed by atoms with Crippen molar-refractivity contribution in [3.63, 3.8) is 0 Å². The van der Waals surface area contributed by atoms with Crippen LogP contribution in [-0.4, -0.2) is 41.3 Å². The van der Waals surface area contributed by atoms with Crippen LogP contribution in [0.15, 0.2) is 0 Å². The molecule has 1 heterocycles. The summed E-state index contributed by atoms with van der Waals surface area (Å²) in [5.74, 6) is -0.827. The molecule has 0 spiro atoms. The van der Waals surface area contributed by atoms with Crippen LogP contribution in [0.4, 0.5) is 0 Å². The molecule has 1 amide bonds. The molecule has 5 heteroatoms. The van der Waals surface area contributed by atoms with Gasteiger partial charge < -0.3 is 9.64 Å². The van der Waals surface area contributed by atoms with E-state index in [1.807, 2.05) is 20.8 Å². The Morgan fingerprint density at radius 1 is 1.30 bits per heavy atom. The minimum Gasteiger partial charge on any atom is -0.460 e. The Morgan fingerprint density at radius 2 is 1.95 bits per heavy atom. The lowest BCUT2D eigenvalue weighted by molar-refractivity contribution is -0.158. The van der Waals surface area contributed by atoms with E-state index in [0.717, 1.165) is 12.8 Å². The smallest absolute Gasteiger partial charge is 0.307 e. The quantitative estimate of drug-likeness (QED) is 0.740. The molecular formula is C15H25NO4. The van der Waals surface area contributed by atoms with Gasteiger partial charge in [-0.2, -0.15) is 0 Å². The average molecular weight is 283 g/mol. The molecule has 0 aromatic heterocycles. The summed E-state index contributed by atoms with van der Waals surface area (Å²) >= 11 is 0. The molecule has 1 aliphatic rings. The number of esters is 1. The molecule has 0 bridgehead atoms. The van der Waals surface area contributed by atoms with E-state index in [1.165, 1.54) is 6.92 Å². The number of rotatable bonds is 4. The Balaban J connectivity index is 2.65. The van der Waals surface area contributed by atoms with Gasteiger partial charge in [-0.1, -0.05) is 6.42 Å². The minimum absolute atomic E-state index is 0.0312. The monoisotopic (exact) mass is 283 g/mol. The molecule has 1 fully saturated rings. The van der Waals surface area contributed by atoms with Crippen molar-refractivity contribution in [2.45, 2.75) is 59.0 Å². The fourth-order valence-corrected chi connectivity index (χ4v) is 2.38. The van der Waals surface area contributed by atoms with Crippen molar-refractivity contribution in [1.82, 2.24) is 4.90 Å². The summed E-state index contributed by atoms with van der Waals surface area (Å²) in [6.07, 6.45) is 2.56. The summed E-state index contributed by atoms with van der Waals surface area (Å²) in [6.45, 7) is 7.64. The summed E-state index contributed by atoms with van der Waals surface area (Å²) in [5, 5.41) is 0.